The van der Waals surface area contributed by atoms with Crippen molar-refractivity contribution in [2.75, 3.05) is 6.61 Å². The summed E-state index contributed by atoms with van der Waals surface area (Å²) in [5.41, 5.74) is 0. The largest absolute Gasteiger partial charge is 0.396 e. The average molecular weight is 188 g/mol. The smallest absolute Gasteiger partial charge is 0.0441 e. The lowest BCUT2D eigenvalue weighted by Crippen LogP contribution is -2.13. The summed E-state index contributed by atoms with van der Waals surface area (Å²) in [5, 5.41) is 10.3. The van der Waals surface area contributed by atoms with Crippen LogP contribution in [0, 0.1) is 0 Å². The summed E-state index contributed by atoms with van der Waals surface area (Å²) < 4.78 is 0. The highest BCUT2D eigenvalue weighted by molar-refractivity contribution is 8.00. The molecule has 12 heavy (non-hydrogen) atoms. The SMILES string of the molecule is CC(CCO)SC1CCCCC1. The van der Waals surface area contributed by atoms with Crippen molar-refractivity contribution in [1.82, 2.24) is 0 Å². The van der Waals surface area contributed by atoms with Gasteiger partial charge in [0, 0.05) is 17.1 Å². The van der Waals surface area contributed by atoms with Gasteiger partial charge in [0.25, 0.3) is 0 Å². The first-order chi connectivity index (χ1) is 5.83. The molecule has 0 bridgehead atoms. The molecule has 0 heterocycles. The van der Waals surface area contributed by atoms with Crippen molar-refractivity contribution in [3.05, 3.63) is 0 Å². The number of thioether (sulfide) groups is 1. The Balaban J connectivity index is 2.11. The summed E-state index contributed by atoms with van der Waals surface area (Å²) in [6.07, 6.45) is 8.04. The van der Waals surface area contributed by atoms with Crippen molar-refractivity contribution < 1.29 is 5.11 Å². The minimum absolute atomic E-state index is 0.348. The van der Waals surface area contributed by atoms with Gasteiger partial charge in [-0.25, -0.2) is 0 Å². The molecule has 1 N–H and O–H groups in total. The van der Waals surface area contributed by atoms with Crippen LogP contribution in [-0.2, 0) is 0 Å². The zero-order valence-corrected chi connectivity index (χ0v) is 8.78. The number of aliphatic hydroxyl groups excluding tert-OH is 1. The molecule has 0 aromatic heterocycles. The maximum Gasteiger partial charge on any atom is 0.0441 e. The number of hydrogen-bond donors (Lipinski definition) is 1. The predicted molar refractivity (Wildman–Crippen MR) is 55.6 cm³/mol. The molecule has 0 amide bonds. The third kappa shape index (κ3) is 3.81. The molecule has 72 valence electrons. The third-order valence-corrected chi connectivity index (χ3v) is 4.07. The highest BCUT2D eigenvalue weighted by atomic mass is 32.2. The quantitative estimate of drug-likeness (QED) is 0.732. The van der Waals surface area contributed by atoms with Crippen LogP contribution >= 0.6 is 11.8 Å². The molecule has 0 radical (unpaired) electrons. The number of aliphatic hydroxyl groups is 1. The van der Waals surface area contributed by atoms with Crippen LogP contribution in [0.25, 0.3) is 0 Å². The molecular formula is C10H20OS. The molecule has 0 saturated heterocycles. The molecule has 1 fully saturated rings. The zero-order chi connectivity index (χ0) is 8.81. The van der Waals surface area contributed by atoms with E-state index in [9.17, 15) is 0 Å². The Morgan fingerprint density at radius 3 is 2.58 bits per heavy atom. The Morgan fingerprint density at radius 1 is 1.33 bits per heavy atom. The van der Waals surface area contributed by atoms with E-state index in [-0.39, 0.29) is 0 Å². The lowest BCUT2D eigenvalue weighted by Gasteiger charge is -2.23. The van der Waals surface area contributed by atoms with E-state index in [1.807, 2.05) is 0 Å². The Labute approximate surface area is 79.9 Å². The molecule has 1 nitrogen and oxygen atoms in total. The molecular weight excluding hydrogens is 168 g/mol. The van der Waals surface area contributed by atoms with Crippen molar-refractivity contribution in [2.45, 2.75) is 55.9 Å². The average Bonchev–Trinajstić information content (AvgIpc) is 2.06. The van der Waals surface area contributed by atoms with E-state index < -0.39 is 0 Å². The molecule has 1 rings (SSSR count). The second-order valence-electron chi connectivity index (χ2n) is 3.72. The maximum atomic E-state index is 8.75. The van der Waals surface area contributed by atoms with Crippen molar-refractivity contribution in [3.8, 4) is 0 Å². The summed E-state index contributed by atoms with van der Waals surface area (Å²) in [6, 6.07) is 0. The standard InChI is InChI=1S/C10H20OS/c1-9(7-8-11)12-10-5-3-2-4-6-10/h9-11H,2-8H2,1H3. The van der Waals surface area contributed by atoms with E-state index in [2.05, 4.69) is 18.7 Å². The molecule has 0 aromatic carbocycles. The van der Waals surface area contributed by atoms with E-state index in [1.54, 1.807) is 0 Å². The van der Waals surface area contributed by atoms with Gasteiger partial charge in [-0.05, 0) is 19.3 Å². The molecule has 1 unspecified atom stereocenters. The van der Waals surface area contributed by atoms with Gasteiger partial charge in [-0.2, -0.15) is 11.8 Å². The van der Waals surface area contributed by atoms with E-state index in [0.717, 1.165) is 11.7 Å². The molecule has 2 heteroatoms. The molecule has 0 aromatic rings. The van der Waals surface area contributed by atoms with Crippen LogP contribution in [0.1, 0.15) is 45.4 Å². The molecule has 1 atom stereocenters. The Bertz CT molecular complexity index is 110. The lowest BCUT2D eigenvalue weighted by molar-refractivity contribution is 0.288. The summed E-state index contributed by atoms with van der Waals surface area (Å²) >= 11 is 2.09. The van der Waals surface area contributed by atoms with Crippen molar-refractivity contribution in [3.63, 3.8) is 0 Å². The first kappa shape index (κ1) is 10.4. The maximum absolute atomic E-state index is 8.75. The van der Waals surface area contributed by atoms with Crippen LogP contribution in [0.3, 0.4) is 0 Å². The summed E-state index contributed by atoms with van der Waals surface area (Å²) in [5.74, 6) is 0. The zero-order valence-electron chi connectivity index (χ0n) is 7.96. The van der Waals surface area contributed by atoms with Gasteiger partial charge in [-0.1, -0.05) is 26.2 Å². The molecule has 0 spiro atoms. The third-order valence-electron chi connectivity index (χ3n) is 2.51. The topological polar surface area (TPSA) is 20.2 Å². The number of rotatable bonds is 4. The Morgan fingerprint density at radius 2 is 2.00 bits per heavy atom. The second-order valence-corrected chi connectivity index (χ2v) is 5.46. The highest BCUT2D eigenvalue weighted by Gasteiger charge is 2.16. The van der Waals surface area contributed by atoms with E-state index in [4.69, 9.17) is 5.11 Å². The van der Waals surface area contributed by atoms with Crippen molar-refractivity contribution >= 4 is 11.8 Å². The van der Waals surface area contributed by atoms with Crippen LogP contribution in [0.15, 0.2) is 0 Å². The number of hydrogen-bond acceptors (Lipinski definition) is 2. The second kappa shape index (κ2) is 5.87. The van der Waals surface area contributed by atoms with E-state index >= 15 is 0 Å². The summed E-state index contributed by atoms with van der Waals surface area (Å²) in [4.78, 5) is 0. The van der Waals surface area contributed by atoms with Crippen LogP contribution < -0.4 is 0 Å². The van der Waals surface area contributed by atoms with Crippen LogP contribution in [0.4, 0.5) is 0 Å². The van der Waals surface area contributed by atoms with Crippen LogP contribution in [-0.4, -0.2) is 22.2 Å². The summed E-state index contributed by atoms with van der Waals surface area (Å²) in [6.45, 7) is 2.58. The van der Waals surface area contributed by atoms with E-state index in [1.165, 1.54) is 32.1 Å². The van der Waals surface area contributed by atoms with Gasteiger partial charge in [0.05, 0.1) is 0 Å². The minimum atomic E-state index is 0.348. The summed E-state index contributed by atoms with van der Waals surface area (Å²) in [7, 11) is 0. The van der Waals surface area contributed by atoms with Gasteiger partial charge >= 0.3 is 0 Å². The van der Waals surface area contributed by atoms with Crippen molar-refractivity contribution in [2.24, 2.45) is 0 Å². The molecule has 0 aliphatic heterocycles. The van der Waals surface area contributed by atoms with E-state index in [0.29, 0.717) is 11.9 Å². The molecule has 1 aliphatic carbocycles. The Hall–Kier alpha value is 0.310. The highest BCUT2D eigenvalue weighted by Crippen LogP contribution is 2.31. The Kier molecular flexibility index (Phi) is 5.08. The van der Waals surface area contributed by atoms with Gasteiger partial charge in [0.15, 0.2) is 0 Å². The first-order valence-electron chi connectivity index (χ1n) is 5.09. The normalized spacial score (nSPS) is 22.5. The first-order valence-corrected chi connectivity index (χ1v) is 6.03. The van der Waals surface area contributed by atoms with Gasteiger partial charge in [-0.15, -0.1) is 0 Å². The van der Waals surface area contributed by atoms with Gasteiger partial charge < -0.3 is 5.11 Å². The molecule has 1 aliphatic rings. The lowest BCUT2D eigenvalue weighted by atomic mass is 10.0. The molecule has 1 saturated carbocycles. The monoisotopic (exact) mass is 188 g/mol. The fourth-order valence-electron chi connectivity index (χ4n) is 1.78. The fraction of sp³-hybridized carbons (Fsp3) is 1.00. The van der Waals surface area contributed by atoms with Gasteiger partial charge in [0.2, 0.25) is 0 Å². The van der Waals surface area contributed by atoms with Gasteiger partial charge in [-0.3, -0.25) is 0 Å². The van der Waals surface area contributed by atoms with Crippen molar-refractivity contribution in [1.29, 1.82) is 0 Å². The predicted octanol–water partition coefficient (Wildman–Crippen LogP) is 2.82. The van der Waals surface area contributed by atoms with Crippen LogP contribution in [0.5, 0.6) is 0 Å². The van der Waals surface area contributed by atoms with Crippen LogP contribution in [0.2, 0.25) is 0 Å². The minimum Gasteiger partial charge on any atom is -0.396 e. The fourth-order valence-corrected chi connectivity index (χ4v) is 3.28. The van der Waals surface area contributed by atoms with Gasteiger partial charge in [0.1, 0.15) is 0 Å².